The first kappa shape index (κ1) is 11.7. The average Bonchev–Trinajstić information content (AvgIpc) is 2.46. The molecule has 0 fully saturated rings. The molecule has 0 bridgehead atoms. The first-order chi connectivity index (χ1) is 4.45. The first-order valence-corrected chi connectivity index (χ1v) is 5.73. The van der Waals surface area contributed by atoms with Crippen molar-refractivity contribution in [2.24, 2.45) is 0 Å². The third kappa shape index (κ3) is 3.74. The van der Waals surface area contributed by atoms with E-state index in [1.54, 1.807) is 6.56 Å². The second kappa shape index (κ2) is 5.35. The van der Waals surface area contributed by atoms with Crippen LogP contribution < -0.4 is 24.8 Å². The summed E-state index contributed by atoms with van der Waals surface area (Å²) in [7, 11) is 0. The van der Waals surface area contributed by atoms with Crippen molar-refractivity contribution in [2.75, 3.05) is 0 Å². The molecule has 2 aliphatic carbocycles. The molecule has 11 heavy (non-hydrogen) atoms. The molecule has 0 unspecified atom stereocenters. The van der Waals surface area contributed by atoms with Gasteiger partial charge in [-0.3, -0.25) is 0 Å². The summed E-state index contributed by atoms with van der Waals surface area (Å²) in [5.41, 5.74) is 0. The number of halogens is 2. The molecule has 0 saturated heterocycles. The van der Waals surface area contributed by atoms with Crippen molar-refractivity contribution in [2.45, 2.75) is 12.8 Å². The van der Waals surface area contributed by atoms with Gasteiger partial charge in [0.05, 0.1) is 0 Å². The van der Waals surface area contributed by atoms with Crippen LogP contribution in [0.1, 0.15) is 12.8 Å². The van der Waals surface area contributed by atoms with Crippen LogP contribution in [0.3, 0.4) is 0 Å². The zero-order valence-electron chi connectivity index (χ0n) is 5.98. The van der Waals surface area contributed by atoms with Crippen molar-refractivity contribution < 1.29 is 48.0 Å². The average molecular weight is 266 g/mol. The van der Waals surface area contributed by atoms with Crippen LogP contribution in [-0.4, -0.2) is 0 Å². The maximum atomic E-state index is 2.38. The van der Waals surface area contributed by atoms with E-state index >= 15 is 0 Å². The molecule has 0 aromatic carbocycles. The largest absolute Gasteiger partial charge is 1.00 e. The number of allylic oxidation sites excluding steroid dienone is 6. The summed E-state index contributed by atoms with van der Waals surface area (Å²) >= 11 is -0.164. The van der Waals surface area contributed by atoms with Gasteiger partial charge in [-0.05, 0) is 0 Å². The maximum absolute atomic E-state index is 2.38. The summed E-state index contributed by atoms with van der Waals surface area (Å²) in [5, 5.41) is 0. The van der Waals surface area contributed by atoms with E-state index in [2.05, 4.69) is 24.3 Å². The molecule has 3 heteroatoms. The van der Waals surface area contributed by atoms with E-state index in [0.29, 0.717) is 0 Å². The Morgan fingerprint density at radius 2 is 1.82 bits per heavy atom. The Morgan fingerprint density at radius 1 is 1.09 bits per heavy atom. The topological polar surface area (TPSA) is 0 Å². The van der Waals surface area contributed by atoms with E-state index in [0.717, 1.165) is 0 Å². The van der Waals surface area contributed by atoms with Gasteiger partial charge in [0.25, 0.3) is 0 Å². The van der Waals surface area contributed by atoms with E-state index in [4.69, 9.17) is 0 Å². The Morgan fingerprint density at radius 3 is 2.27 bits per heavy atom. The molecule has 0 atom stereocenters. The summed E-state index contributed by atoms with van der Waals surface area (Å²) in [4.78, 5) is 0. The summed E-state index contributed by atoms with van der Waals surface area (Å²) < 4.78 is 3.55. The molecule has 2 aliphatic rings. The molecule has 0 aliphatic heterocycles. The van der Waals surface area contributed by atoms with Crippen molar-refractivity contribution in [1.29, 1.82) is 0 Å². The van der Waals surface area contributed by atoms with E-state index in [9.17, 15) is 0 Å². The fraction of sp³-hybridized carbons (Fsp3) is 0.250. The van der Waals surface area contributed by atoms with Crippen molar-refractivity contribution in [3.8, 4) is 0 Å². The number of hydrogen-bond acceptors (Lipinski definition) is 0. The van der Waals surface area contributed by atoms with Gasteiger partial charge in [-0.15, -0.1) is 0 Å². The van der Waals surface area contributed by atoms with Gasteiger partial charge in [0.2, 0.25) is 0 Å². The first-order valence-electron chi connectivity index (χ1n) is 3.27. The quantitative estimate of drug-likeness (QED) is 0.481. The van der Waals surface area contributed by atoms with Crippen LogP contribution in [-0.2, 0) is 23.2 Å². The van der Waals surface area contributed by atoms with Gasteiger partial charge in [-0.2, -0.15) is 0 Å². The van der Waals surface area contributed by atoms with E-state index < -0.39 is 0 Å². The molecule has 58 valence electrons. The molecular weight excluding hydrogens is 258 g/mol. The zero-order chi connectivity index (χ0) is 6.10. The van der Waals surface area contributed by atoms with E-state index in [1.165, 1.54) is 12.8 Å². The van der Waals surface area contributed by atoms with Gasteiger partial charge >= 0.3 is 66.9 Å². The Hall–Kier alpha value is 0.683. The minimum Gasteiger partial charge on any atom is -1.00 e. The number of rotatable bonds is 2. The fourth-order valence-corrected chi connectivity index (χ4v) is 3.65. The predicted molar refractivity (Wildman–Crippen MR) is 34.5 cm³/mol. The van der Waals surface area contributed by atoms with Crippen LogP contribution in [0.2, 0.25) is 0 Å². The SMILES string of the molecule is C1=CC[C]([Zr+2][C]2=CC2)=C1.[Cl-].[Cl-]. The zero-order valence-corrected chi connectivity index (χ0v) is 9.95. The molecule has 0 nitrogen and oxygen atoms in total. The monoisotopic (exact) mass is 264 g/mol. The normalized spacial score (nSPS) is 17.1. The minimum absolute atomic E-state index is 0. The maximum Gasteiger partial charge on any atom is -1.00 e. The molecular formula is C8H8Cl2Zr. The fourth-order valence-electron chi connectivity index (χ4n) is 0.899. The Bertz CT molecular complexity index is 216. The third-order valence-corrected chi connectivity index (χ3v) is 4.99. The van der Waals surface area contributed by atoms with Crippen LogP contribution in [0.15, 0.2) is 30.9 Å². The summed E-state index contributed by atoms with van der Waals surface area (Å²) in [5.74, 6) is 0. The summed E-state index contributed by atoms with van der Waals surface area (Å²) in [6.07, 6.45) is 11.8. The Balaban J connectivity index is 0.000000500. The van der Waals surface area contributed by atoms with Crippen LogP contribution in [0.4, 0.5) is 0 Å². The molecule has 0 N–H and O–H groups in total. The van der Waals surface area contributed by atoms with Gasteiger partial charge in [0, 0.05) is 0 Å². The molecule has 0 saturated carbocycles. The molecule has 0 amide bonds. The third-order valence-electron chi connectivity index (χ3n) is 1.50. The molecule has 0 heterocycles. The summed E-state index contributed by atoms with van der Waals surface area (Å²) in [6, 6.07) is 0. The van der Waals surface area contributed by atoms with E-state index in [1.807, 2.05) is 0 Å². The van der Waals surface area contributed by atoms with Crippen LogP contribution in [0.25, 0.3) is 0 Å². The molecule has 0 radical (unpaired) electrons. The second-order valence-electron chi connectivity index (χ2n) is 2.38. The van der Waals surface area contributed by atoms with Crippen molar-refractivity contribution in [3.05, 3.63) is 30.9 Å². The molecule has 2 rings (SSSR count). The van der Waals surface area contributed by atoms with Gasteiger partial charge in [-0.25, -0.2) is 0 Å². The smallest absolute Gasteiger partial charge is 1.00 e. The van der Waals surface area contributed by atoms with Crippen LogP contribution in [0.5, 0.6) is 0 Å². The van der Waals surface area contributed by atoms with Gasteiger partial charge in [0.15, 0.2) is 0 Å². The van der Waals surface area contributed by atoms with Gasteiger partial charge in [-0.1, -0.05) is 0 Å². The number of hydrogen-bond donors (Lipinski definition) is 0. The van der Waals surface area contributed by atoms with Crippen molar-refractivity contribution in [3.63, 3.8) is 0 Å². The molecule has 0 spiro atoms. The second-order valence-corrected chi connectivity index (χ2v) is 6.15. The van der Waals surface area contributed by atoms with Gasteiger partial charge < -0.3 is 24.8 Å². The predicted octanol–water partition coefficient (Wildman–Crippen LogP) is -3.79. The summed E-state index contributed by atoms with van der Waals surface area (Å²) in [6.45, 7) is 0. The van der Waals surface area contributed by atoms with E-state index in [-0.39, 0.29) is 48.0 Å². The Labute approximate surface area is 91.2 Å². The molecule has 0 aromatic rings. The van der Waals surface area contributed by atoms with Crippen molar-refractivity contribution in [1.82, 2.24) is 0 Å². The standard InChI is InChI=1S/C5H5.C3H3.2ClH.Zr/c1-2-4-5-3-1;1-2-3-1;;;/h1-3H,4H2;1H,2H2;2*1H;/q;;;;+2/p-2. The minimum atomic E-state index is -0.164. The van der Waals surface area contributed by atoms with Crippen LogP contribution >= 0.6 is 0 Å². The van der Waals surface area contributed by atoms with Crippen molar-refractivity contribution >= 4 is 0 Å². The Kier molecular flexibility index (Phi) is 5.68. The van der Waals surface area contributed by atoms with Gasteiger partial charge in [0.1, 0.15) is 0 Å². The van der Waals surface area contributed by atoms with Crippen LogP contribution in [0, 0.1) is 0 Å². The molecule has 0 aromatic heterocycles.